The minimum Gasteiger partial charge on any atom is -0.508 e. The Balaban J connectivity index is 1.64. The third-order valence-electron chi connectivity index (χ3n) is 5.27. The van der Waals surface area contributed by atoms with Crippen molar-refractivity contribution in [1.82, 2.24) is 19.5 Å². The fourth-order valence-corrected chi connectivity index (χ4v) is 3.74. The number of hydrogen-bond donors (Lipinski definition) is 1. The summed E-state index contributed by atoms with van der Waals surface area (Å²) in [5, 5.41) is 19.2. The predicted molar refractivity (Wildman–Crippen MR) is 116 cm³/mol. The van der Waals surface area contributed by atoms with E-state index in [4.69, 9.17) is 14.7 Å². The first-order chi connectivity index (χ1) is 15.2. The van der Waals surface area contributed by atoms with Gasteiger partial charge in [-0.15, -0.1) is 0 Å². The molecule has 0 bridgehead atoms. The van der Waals surface area contributed by atoms with Crippen molar-refractivity contribution >= 4 is 17.1 Å². The Hall–Kier alpha value is -3.96. The fraction of sp³-hybridized carbons (Fsp3) is 0.217. The zero-order valence-corrected chi connectivity index (χ0v) is 16.8. The Morgan fingerprint density at radius 3 is 2.71 bits per heavy atom. The predicted octanol–water partition coefficient (Wildman–Crippen LogP) is 2.96. The van der Waals surface area contributed by atoms with Gasteiger partial charge in [0, 0.05) is 18.7 Å². The second-order valence-electron chi connectivity index (χ2n) is 7.38. The van der Waals surface area contributed by atoms with Crippen LogP contribution in [0, 0.1) is 11.3 Å². The zero-order chi connectivity index (χ0) is 21.2. The van der Waals surface area contributed by atoms with E-state index in [1.54, 1.807) is 30.6 Å². The number of benzene rings is 2. The standard InChI is InChI=1S/C23H20N6O2/c24-13-16-3-1-4-17(11-16)14-29-15-25-21-20(18-5-2-6-19(30)12-18)26-23(27-22(21)29)28-7-9-31-10-8-28/h1-6,11-12,15,30H,7-10,14H2. The zero-order valence-electron chi connectivity index (χ0n) is 16.8. The molecule has 0 saturated carbocycles. The van der Waals surface area contributed by atoms with Crippen molar-refractivity contribution in [3.63, 3.8) is 0 Å². The van der Waals surface area contributed by atoms with Crippen molar-refractivity contribution in [2.45, 2.75) is 6.54 Å². The molecule has 0 spiro atoms. The number of fused-ring (bicyclic) bond motifs is 1. The van der Waals surface area contributed by atoms with Crippen LogP contribution >= 0.6 is 0 Å². The van der Waals surface area contributed by atoms with Gasteiger partial charge in [0.1, 0.15) is 17.0 Å². The molecule has 0 radical (unpaired) electrons. The molecule has 4 aromatic rings. The molecule has 8 heteroatoms. The van der Waals surface area contributed by atoms with Crippen LogP contribution in [0.1, 0.15) is 11.1 Å². The summed E-state index contributed by atoms with van der Waals surface area (Å²) < 4.78 is 7.44. The van der Waals surface area contributed by atoms with Crippen molar-refractivity contribution in [2.75, 3.05) is 31.2 Å². The number of aromatic hydroxyl groups is 1. The molecule has 1 saturated heterocycles. The Morgan fingerprint density at radius 2 is 1.90 bits per heavy atom. The summed E-state index contributed by atoms with van der Waals surface area (Å²) in [5.74, 6) is 0.784. The molecule has 2 aromatic carbocycles. The first-order valence-electron chi connectivity index (χ1n) is 10.1. The van der Waals surface area contributed by atoms with Crippen LogP contribution in [0.2, 0.25) is 0 Å². The molecule has 1 fully saturated rings. The smallest absolute Gasteiger partial charge is 0.228 e. The van der Waals surface area contributed by atoms with Gasteiger partial charge in [-0.2, -0.15) is 10.2 Å². The van der Waals surface area contributed by atoms with Crippen molar-refractivity contribution in [2.24, 2.45) is 0 Å². The Kier molecular flexibility index (Phi) is 4.94. The van der Waals surface area contributed by atoms with Crippen LogP contribution in [0.25, 0.3) is 22.4 Å². The monoisotopic (exact) mass is 412 g/mol. The number of imidazole rings is 1. The highest BCUT2D eigenvalue weighted by Gasteiger charge is 2.20. The van der Waals surface area contributed by atoms with E-state index in [1.807, 2.05) is 28.8 Å². The highest BCUT2D eigenvalue weighted by atomic mass is 16.5. The molecule has 1 N–H and O–H groups in total. The number of hydrogen-bond acceptors (Lipinski definition) is 7. The number of aromatic nitrogens is 4. The third-order valence-corrected chi connectivity index (χ3v) is 5.27. The molecule has 1 aliphatic rings. The van der Waals surface area contributed by atoms with E-state index in [1.165, 1.54) is 0 Å². The molecule has 0 unspecified atom stereocenters. The number of anilines is 1. The largest absolute Gasteiger partial charge is 0.508 e. The van der Waals surface area contributed by atoms with Crippen molar-refractivity contribution in [3.8, 4) is 23.1 Å². The third kappa shape index (κ3) is 3.79. The highest BCUT2D eigenvalue weighted by Crippen LogP contribution is 2.30. The van der Waals surface area contributed by atoms with E-state index < -0.39 is 0 Å². The lowest BCUT2D eigenvalue weighted by molar-refractivity contribution is 0.122. The van der Waals surface area contributed by atoms with Crippen LogP contribution in [0.5, 0.6) is 5.75 Å². The quantitative estimate of drug-likeness (QED) is 0.550. The van der Waals surface area contributed by atoms with Crippen molar-refractivity contribution in [1.29, 1.82) is 5.26 Å². The van der Waals surface area contributed by atoms with Gasteiger partial charge in [0.2, 0.25) is 5.95 Å². The number of phenolic OH excluding ortho intramolecular Hbond substituents is 1. The molecule has 154 valence electrons. The lowest BCUT2D eigenvalue weighted by Gasteiger charge is -2.27. The molecule has 1 aliphatic heterocycles. The molecule has 8 nitrogen and oxygen atoms in total. The van der Waals surface area contributed by atoms with E-state index in [0.717, 1.165) is 11.1 Å². The van der Waals surface area contributed by atoms with Crippen LogP contribution in [0.4, 0.5) is 5.95 Å². The summed E-state index contributed by atoms with van der Waals surface area (Å²) in [6.07, 6.45) is 1.74. The summed E-state index contributed by atoms with van der Waals surface area (Å²) in [7, 11) is 0. The first-order valence-corrected chi connectivity index (χ1v) is 10.1. The van der Waals surface area contributed by atoms with Crippen molar-refractivity contribution < 1.29 is 9.84 Å². The van der Waals surface area contributed by atoms with Gasteiger partial charge in [-0.1, -0.05) is 24.3 Å². The average Bonchev–Trinajstić information content (AvgIpc) is 3.22. The lowest BCUT2D eigenvalue weighted by atomic mass is 10.1. The minimum atomic E-state index is 0.171. The number of morpholine rings is 1. The van der Waals surface area contributed by atoms with E-state index >= 15 is 0 Å². The van der Waals surface area contributed by atoms with E-state index in [0.29, 0.717) is 61.2 Å². The minimum absolute atomic E-state index is 0.171. The van der Waals surface area contributed by atoms with Gasteiger partial charge in [-0.3, -0.25) is 0 Å². The summed E-state index contributed by atoms with van der Waals surface area (Å²) in [4.78, 5) is 16.3. The molecule has 3 heterocycles. The highest BCUT2D eigenvalue weighted by molar-refractivity contribution is 5.88. The van der Waals surface area contributed by atoms with Gasteiger partial charge in [0.25, 0.3) is 0 Å². The second-order valence-corrected chi connectivity index (χ2v) is 7.38. The van der Waals surface area contributed by atoms with Crippen LogP contribution in [0.15, 0.2) is 54.9 Å². The Bertz CT molecular complexity index is 1290. The van der Waals surface area contributed by atoms with Crippen LogP contribution < -0.4 is 4.90 Å². The van der Waals surface area contributed by atoms with Crippen molar-refractivity contribution in [3.05, 3.63) is 66.0 Å². The first kappa shape index (κ1) is 19.0. The summed E-state index contributed by atoms with van der Waals surface area (Å²) in [5.41, 5.74) is 4.43. The molecule has 5 rings (SSSR count). The summed E-state index contributed by atoms with van der Waals surface area (Å²) in [6, 6.07) is 16.7. The maximum absolute atomic E-state index is 9.99. The number of rotatable bonds is 4. The number of ether oxygens (including phenoxy) is 1. The van der Waals surface area contributed by atoms with Gasteiger partial charge >= 0.3 is 0 Å². The molecule has 0 amide bonds. The fourth-order valence-electron chi connectivity index (χ4n) is 3.74. The molecule has 2 aromatic heterocycles. The topological polar surface area (TPSA) is 100 Å². The van der Waals surface area contributed by atoms with Crippen LogP contribution in [0.3, 0.4) is 0 Å². The van der Waals surface area contributed by atoms with Gasteiger partial charge in [0.15, 0.2) is 5.65 Å². The summed E-state index contributed by atoms with van der Waals surface area (Å²) in [6.45, 7) is 3.21. The molecule has 31 heavy (non-hydrogen) atoms. The average molecular weight is 412 g/mol. The van der Waals surface area contributed by atoms with E-state index in [-0.39, 0.29) is 5.75 Å². The number of nitriles is 1. The van der Waals surface area contributed by atoms with Gasteiger partial charge in [-0.05, 0) is 29.8 Å². The summed E-state index contributed by atoms with van der Waals surface area (Å²) >= 11 is 0. The molecule has 0 atom stereocenters. The number of nitrogens with zero attached hydrogens (tertiary/aromatic N) is 6. The maximum atomic E-state index is 9.99. The van der Waals surface area contributed by atoms with Gasteiger partial charge < -0.3 is 19.3 Å². The van der Waals surface area contributed by atoms with Crippen LogP contribution in [-0.4, -0.2) is 50.9 Å². The van der Waals surface area contributed by atoms with Gasteiger partial charge in [0.05, 0.1) is 37.7 Å². The Labute approximate surface area is 179 Å². The normalized spacial score (nSPS) is 14.0. The molecule has 0 aliphatic carbocycles. The SMILES string of the molecule is N#Cc1cccc(Cn2cnc3c(-c4cccc(O)c4)nc(N4CCOCC4)nc32)c1. The van der Waals surface area contributed by atoms with Gasteiger partial charge in [-0.25, -0.2) is 9.97 Å². The Morgan fingerprint density at radius 1 is 1.06 bits per heavy atom. The maximum Gasteiger partial charge on any atom is 0.228 e. The van der Waals surface area contributed by atoms with Crippen LogP contribution in [-0.2, 0) is 11.3 Å². The van der Waals surface area contributed by atoms with E-state index in [9.17, 15) is 10.4 Å². The van der Waals surface area contributed by atoms with E-state index in [2.05, 4.69) is 16.0 Å². The molecular weight excluding hydrogens is 392 g/mol. The number of phenols is 1. The lowest BCUT2D eigenvalue weighted by Crippen LogP contribution is -2.37. The molecular formula is C23H20N6O2. The second kappa shape index (κ2) is 8.05.